The molecule has 1 fully saturated rings. The Labute approximate surface area is 131 Å². The van der Waals surface area contributed by atoms with Crippen molar-refractivity contribution in [3.63, 3.8) is 0 Å². The van der Waals surface area contributed by atoms with E-state index in [1.807, 2.05) is 0 Å². The maximum absolute atomic E-state index is 13.1. The molecule has 116 valence electrons. The van der Waals surface area contributed by atoms with Gasteiger partial charge in [0.15, 0.2) is 5.82 Å². The monoisotopic (exact) mass is 323 g/mol. The number of hydrogen-bond acceptors (Lipinski definition) is 4. The molecule has 0 saturated carbocycles. The van der Waals surface area contributed by atoms with Crippen molar-refractivity contribution in [3.8, 4) is 0 Å². The number of nitrogens with zero attached hydrogens (tertiary/aromatic N) is 2. The number of benzene rings is 1. The van der Waals surface area contributed by atoms with Crippen LogP contribution in [0.15, 0.2) is 22.7 Å². The zero-order chi connectivity index (χ0) is 15.5. The summed E-state index contributed by atoms with van der Waals surface area (Å²) < 4.78 is 18.3. The van der Waals surface area contributed by atoms with Crippen molar-refractivity contribution in [2.75, 3.05) is 0 Å². The van der Waals surface area contributed by atoms with E-state index in [9.17, 15) is 9.18 Å². The van der Waals surface area contributed by atoms with Crippen molar-refractivity contribution in [2.45, 2.75) is 38.1 Å². The fourth-order valence-electron chi connectivity index (χ4n) is 2.52. The molecule has 2 heterocycles. The van der Waals surface area contributed by atoms with Crippen molar-refractivity contribution in [3.05, 3.63) is 46.3 Å². The second-order valence-corrected chi connectivity index (χ2v) is 5.80. The van der Waals surface area contributed by atoms with E-state index in [2.05, 4.69) is 15.5 Å². The van der Waals surface area contributed by atoms with Gasteiger partial charge in [0.25, 0.3) is 0 Å². The molecule has 1 atom stereocenters. The van der Waals surface area contributed by atoms with Crippen LogP contribution in [-0.4, -0.2) is 22.1 Å². The largest absolute Gasteiger partial charge is 0.353 e. The number of piperidine rings is 1. The quantitative estimate of drug-likeness (QED) is 0.939. The molecule has 2 aromatic rings. The molecule has 1 N–H and O–H groups in total. The summed E-state index contributed by atoms with van der Waals surface area (Å²) in [6.45, 7) is 0. The summed E-state index contributed by atoms with van der Waals surface area (Å²) >= 11 is 5.75. The second kappa shape index (κ2) is 6.44. The molecule has 1 aliphatic heterocycles. The number of carbonyl (C=O) groups is 1. The number of nitrogens with one attached hydrogen (secondary N) is 1. The Morgan fingerprint density at radius 2 is 2.32 bits per heavy atom. The number of halogens is 2. The molecule has 5 nitrogen and oxygen atoms in total. The zero-order valence-corrected chi connectivity index (χ0v) is 12.6. The van der Waals surface area contributed by atoms with Gasteiger partial charge in [-0.25, -0.2) is 4.39 Å². The molecule has 1 aromatic heterocycles. The Kier molecular flexibility index (Phi) is 4.38. The first-order valence-corrected chi connectivity index (χ1v) is 7.52. The lowest BCUT2D eigenvalue weighted by molar-refractivity contribution is -0.123. The second-order valence-electron chi connectivity index (χ2n) is 5.39. The fraction of sp³-hybridized carbons (Fsp3) is 0.400. The van der Waals surface area contributed by atoms with Crippen LogP contribution >= 0.6 is 11.6 Å². The number of amides is 1. The summed E-state index contributed by atoms with van der Waals surface area (Å²) in [4.78, 5) is 15.7. The van der Waals surface area contributed by atoms with Crippen LogP contribution in [0.1, 0.15) is 36.5 Å². The summed E-state index contributed by atoms with van der Waals surface area (Å²) in [5, 5.41) is 6.90. The zero-order valence-electron chi connectivity index (χ0n) is 11.8. The standard InChI is InChI=1S/C15H15ClFN3O2/c16-11-6-9(4-5-12(11)17)7-13-19-15(22-20-13)8-10-2-1-3-14(21)18-10/h4-6,10H,1-3,7-8H2,(H,18,21). The van der Waals surface area contributed by atoms with Crippen LogP contribution < -0.4 is 5.32 Å². The number of rotatable bonds is 4. The highest BCUT2D eigenvalue weighted by atomic mass is 35.5. The van der Waals surface area contributed by atoms with Crippen molar-refractivity contribution in [1.82, 2.24) is 15.5 Å². The van der Waals surface area contributed by atoms with E-state index in [0.29, 0.717) is 31.0 Å². The molecule has 0 radical (unpaired) electrons. The van der Waals surface area contributed by atoms with Crippen LogP contribution in [-0.2, 0) is 17.6 Å². The van der Waals surface area contributed by atoms with Gasteiger partial charge in [-0.05, 0) is 30.5 Å². The Morgan fingerprint density at radius 1 is 1.45 bits per heavy atom. The first-order valence-electron chi connectivity index (χ1n) is 7.15. The van der Waals surface area contributed by atoms with Gasteiger partial charge < -0.3 is 9.84 Å². The first-order chi connectivity index (χ1) is 10.6. The molecule has 22 heavy (non-hydrogen) atoms. The minimum Gasteiger partial charge on any atom is -0.353 e. The summed E-state index contributed by atoms with van der Waals surface area (Å²) in [5.74, 6) is 0.624. The predicted octanol–water partition coefficient (Wildman–Crippen LogP) is 2.66. The SMILES string of the molecule is O=C1CCCC(Cc2nc(Cc3ccc(F)c(Cl)c3)no2)N1. The van der Waals surface area contributed by atoms with Crippen molar-refractivity contribution in [2.24, 2.45) is 0 Å². The molecule has 0 aliphatic carbocycles. The topological polar surface area (TPSA) is 68.0 Å². The minimum atomic E-state index is -0.452. The summed E-state index contributed by atoms with van der Waals surface area (Å²) in [7, 11) is 0. The van der Waals surface area contributed by atoms with Crippen molar-refractivity contribution >= 4 is 17.5 Å². The average molecular weight is 324 g/mol. The van der Waals surface area contributed by atoms with E-state index >= 15 is 0 Å². The Hall–Kier alpha value is -1.95. The third-order valence-electron chi connectivity index (χ3n) is 3.60. The summed E-state index contributed by atoms with van der Waals surface area (Å²) in [6, 6.07) is 4.55. The summed E-state index contributed by atoms with van der Waals surface area (Å²) in [5.41, 5.74) is 0.810. The maximum Gasteiger partial charge on any atom is 0.228 e. The number of carbonyl (C=O) groups excluding carboxylic acids is 1. The van der Waals surface area contributed by atoms with Gasteiger partial charge in [0.1, 0.15) is 5.82 Å². The highest BCUT2D eigenvalue weighted by Gasteiger charge is 2.21. The number of aromatic nitrogens is 2. The van der Waals surface area contributed by atoms with Gasteiger partial charge in [0, 0.05) is 25.3 Å². The third kappa shape index (κ3) is 3.62. The van der Waals surface area contributed by atoms with E-state index < -0.39 is 5.82 Å². The fourth-order valence-corrected chi connectivity index (χ4v) is 2.73. The normalized spacial score (nSPS) is 18.3. The van der Waals surface area contributed by atoms with Gasteiger partial charge >= 0.3 is 0 Å². The molecule has 3 rings (SSSR count). The molecule has 1 aromatic carbocycles. The molecule has 1 saturated heterocycles. The lowest BCUT2D eigenvalue weighted by Crippen LogP contribution is -2.40. The molecular formula is C15H15ClFN3O2. The van der Waals surface area contributed by atoms with Crippen LogP contribution in [0, 0.1) is 5.82 Å². The number of hydrogen-bond donors (Lipinski definition) is 1. The first kappa shape index (κ1) is 15.0. The van der Waals surface area contributed by atoms with Gasteiger partial charge in [-0.3, -0.25) is 4.79 Å². The highest BCUT2D eigenvalue weighted by Crippen LogP contribution is 2.18. The van der Waals surface area contributed by atoms with Crippen molar-refractivity contribution < 1.29 is 13.7 Å². The van der Waals surface area contributed by atoms with Crippen LogP contribution in [0.25, 0.3) is 0 Å². The van der Waals surface area contributed by atoms with Gasteiger partial charge in [-0.1, -0.05) is 22.8 Å². The van der Waals surface area contributed by atoms with Crippen LogP contribution in [0.4, 0.5) is 4.39 Å². The minimum absolute atomic E-state index is 0.0508. The highest BCUT2D eigenvalue weighted by molar-refractivity contribution is 6.30. The average Bonchev–Trinajstić information content (AvgIpc) is 2.90. The predicted molar refractivity (Wildman–Crippen MR) is 78.0 cm³/mol. The molecule has 1 amide bonds. The molecule has 0 bridgehead atoms. The van der Waals surface area contributed by atoms with Crippen LogP contribution in [0.3, 0.4) is 0 Å². The lowest BCUT2D eigenvalue weighted by atomic mass is 10.0. The molecule has 0 spiro atoms. The molecule has 1 unspecified atom stereocenters. The Morgan fingerprint density at radius 3 is 3.09 bits per heavy atom. The van der Waals surface area contributed by atoms with Crippen LogP contribution in [0.2, 0.25) is 5.02 Å². The summed E-state index contributed by atoms with van der Waals surface area (Å²) in [6.07, 6.45) is 3.32. The Balaban J connectivity index is 1.63. The van der Waals surface area contributed by atoms with E-state index in [1.54, 1.807) is 12.1 Å². The molecule has 7 heteroatoms. The van der Waals surface area contributed by atoms with Gasteiger partial charge in [0.2, 0.25) is 11.8 Å². The smallest absolute Gasteiger partial charge is 0.228 e. The molecular weight excluding hydrogens is 309 g/mol. The molecule has 1 aliphatic rings. The van der Waals surface area contributed by atoms with Gasteiger partial charge in [0.05, 0.1) is 5.02 Å². The lowest BCUT2D eigenvalue weighted by Gasteiger charge is -2.21. The van der Waals surface area contributed by atoms with E-state index in [1.165, 1.54) is 6.07 Å². The third-order valence-corrected chi connectivity index (χ3v) is 3.89. The van der Waals surface area contributed by atoms with Gasteiger partial charge in [-0.2, -0.15) is 4.98 Å². The van der Waals surface area contributed by atoms with E-state index in [-0.39, 0.29) is 17.0 Å². The van der Waals surface area contributed by atoms with E-state index in [0.717, 1.165) is 18.4 Å². The van der Waals surface area contributed by atoms with Gasteiger partial charge in [-0.15, -0.1) is 0 Å². The Bertz CT molecular complexity index is 689. The van der Waals surface area contributed by atoms with E-state index in [4.69, 9.17) is 16.1 Å². The maximum atomic E-state index is 13.1. The van der Waals surface area contributed by atoms with Crippen molar-refractivity contribution in [1.29, 1.82) is 0 Å². The van der Waals surface area contributed by atoms with Crippen LogP contribution in [0.5, 0.6) is 0 Å².